The van der Waals surface area contributed by atoms with E-state index in [2.05, 4.69) is 5.32 Å². The van der Waals surface area contributed by atoms with E-state index in [-0.39, 0.29) is 5.02 Å². The van der Waals surface area contributed by atoms with Crippen LogP contribution in [0.2, 0.25) is 5.02 Å². The van der Waals surface area contributed by atoms with Gasteiger partial charge in [0.25, 0.3) is 0 Å². The summed E-state index contributed by atoms with van der Waals surface area (Å²) < 4.78 is 26.5. The Kier molecular flexibility index (Phi) is 3.22. The largest absolute Gasteiger partial charge is 0.316 e. The highest BCUT2D eigenvalue weighted by Gasteiger charge is 2.20. The van der Waals surface area contributed by atoms with Crippen molar-refractivity contribution in [3.8, 4) is 0 Å². The summed E-state index contributed by atoms with van der Waals surface area (Å²) in [4.78, 5) is 0. The maximum atomic E-state index is 13.4. The van der Waals surface area contributed by atoms with Gasteiger partial charge in [-0.2, -0.15) is 0 Å². The minimum absolute atomic E-state index is 0.0677. The van der Waals surface area contributed by atoms with E-state index in [0.717, 1.165) is 31.6 Å². The molecule has 2 rings (SSSR count). The zero-order chi connectivity index (χ0) is 10.8. The summed E-state index contributed by atoms with van der Waals surface area (Å²) in [6, 6.07) is 2.20. The zero-order valence-electron chi connectivity index (χ0n) is 8.19. The molecule has 0 amide bonds. The minimum atomic E-state index is -0.543. The smallest absolute Gasteiger partial charge is 0.142 e. The van der Waals surface area contributed by atoms with Crippen LogP contribution in [0, 0.1) is 17.6 Å². The van der Waals surface area contributed by atoms with Gasteiger partial charge in [0, 0.05) is 5.56 Å². The van der Waals surface area contributed by atoms with Gasteiger partial charge in [-0.1, -0.05) is 11.6 Å². The Morgan fingerprint density at radius 1 is 1.33 bits per heavy atom. The van der Waals surface area contributed by atoms with E-state index in [1.54, 1.807) is 0 Å². The monoisotopic (exact) mass is 231 g/mol. The Hall–Kier alpha value is -0.670. The van der Waals surface area contributed by atoms with Crippen molar-refractivity contribution in [2.24, 2.45) is 5.92 Å². The summed E-state index contributed by atoms with van der Waals surface area (Å²) in [5, 5.41) is 3.12. The van der Waals surface area contributed by atoms with E-state index >= 15 is 0 Å². The van der Waals surface area contributed by atoms with Crippen molar-refractivity contribution in [1.29, 1.82) is 0 Å². The predicted octanol–water partition coefficient (Wildman–Crippen LogP) is 2.77. The molecule has 0 spiro atoms. The first kappa shape index (κ1) is 10.8. The fourth-order valence-electron chi connectivity index (χ4n) is 1.93. The molecule has 1 saturated heterocycles. The third-order valence-electron chi connectivity index (χ3n) is 2.79. The second-order valence-corrected chi connectivity index (χ2v) is 4.26. The van der Waals surface area contributed by atoms with Gasteiger partial charge in [0.15, 0.2) is 0 Å². The Balaban J connectivity index is 2.22. The summed E-state index contributed by atoms with van der Waals surface area (Å²) in [5.74, 6) is -0.592. The predicted molar refractivity (Wildman–Crippen MR) is 56.0 cm³/mol. The van der Waals surface area contributed by atoms with Crippen LogP contribution in [-0.4, -0.2) is 13.1 Å². The Morgan fingerprint density at radius 3 is 2.73 bits per heavy atom. The van der Waals surface area contributed by atoms with Crippen LogP contribution in [0.3, 0.4) is 0 Å². The lowest BCUT2D eigenvalue weighted by atomic mass is 9.98. The summed E-state index contributed by atoms with van der Waals surface area (Å²) in [5.41, 5.74) is 0.311. The second-order valence-electron chi connectivity index (χ2n) is 3.88. The van der Waals surface area contributed by atoms with Crippen LogP contribution in [0.15, 0.2) is 12.1 Å². The minimum Gasteiger partial charge on any atom is -0.316 e. The van der Waals surface area contributed by atoms with Crippen molar-refractivity contribution < 1.29 is 8.78 Å². The molecule has 1 fully saturated rings. The van der Waals surface area contributed by atoms with E-state index in [0.29, 0.717) is 17.9 Å². The molecule has 82 valence electrons. The molecule has 0 aliphatic carbocycles. The van der Waals surface area contributed by atoms with Crippen LogP contribution in [-0.2, 0) is 6.42 Å². The van der Waals surface area contributed by atoms with Gasteiger partial charge in [-0.3, -0.25) is 0 Å². The number of hydrogen-bond acceptors (Lipinski definition) is 1. The molecular formula is C11H12ClF2N. The lowest BCUT2D eigenvalue weighted by Crippen LogP contribution is -2.12. The van der Waals surface area contributed by atoms with Crippen molar-refractivity contribution >= 4 is 11.6 Å². The second kappa shape index (κ2) is 4.45. The third kappa shape index (κ3) is 2.29. The van der Waals surface area contributed by atoms with E-state index in [4.69, 9.17) is 11.6 Å². The lowest BCUT2D eigenvalue weighted by molar-refractivity contribution is 0.535. The van der Waals surface area contributed by atoms with E-state index in [1.807, 2.05) is 0 Å². The van der Waals surface area contributed by atoms with Crippen LogP contribution in [0.25, 0.3) is 0 Å². The molecule has 1 atom stereocenters. The molecule has 4 heteroatoms. The molecular weight excluding hydrogens is 220 g/mol. The van der Waals surface area contributed by atoms with Gasteiger partial charge in [0.05, 0.1) is 5.02 Å². The zero-order valence-corrected chi connectivity index (χ0v) is 8.95. The van der Waals surface area contributed by atoms with Crippen LogP contribution in [0.4, 0.5) is 8.78 Å². The van der Waals surface area contributed by atoms with Gasteiger partial charge >= 0.3 is 0 Å². The van der Waals surface area contributed by atoms with Crippen molar-refractivity contribution in [3.05, 3.63) is 34.4 Å². The average molecular weight is 232 g/mol. The van der Waals surface area contributed by atoms with Crippen LogP contribution in [0.1, 0.15) is 12.0 Å². The summed E-state index contributed by atoms with van der Waals surface area (Å²) >= 11 is 5.74. The molecule has 1 aliphatic heterocycles. The highest BCUT2D eigenvalue weighted by Crippen LogP contribution is 2.26. The van der Waals surface area contributed by atoms with Gasteiger partial charge in [0.2, 0.25) is 0 Å². The third-order valence-corrected chi connectivity index (χ3v) is 3.20. The first-order valence-electron chi connectivity index (χ1n) is 5.01. The van der Waals surface area contributed by atoms with Gasteiger partial charge in [-0.05, 0) is 44.0 Å². The van der Waals surface area contributed by atoms with Crippen molar-refractivity contribution in [2.75, 3.05) is 13.1 Å². The normalized spacial score (nSPS) is 20.9. The fourth-order valence-corrected chi connectivity index (χ4v) is 2.16. The highest BCUT2D eigenvalue weighted by atomic mass is 35.5. The fraction of sp³-hybridized carbons (Fsp3) is 0.455. The van der Waals surface area contributed by atoms with Gasteiger partial charge in [-0.25, -0.2) is 8.78 Å². The highest BCUT2D eigenvalue weighted by molar-refractivity contribution is 6.31. The Morgan fingerprint density at radius 2 is 2.07 bits per heavy atom. The summed E-state index contributed by atoms with van der Waals surface area (Å²) in [7, 11) is 0. The molecule has 1 unspecified atom stereocenters. The molecule has 1 heterocycles. The van der Waals surface area contributed by atoms with Gasteiger partial charge in [0.1, 0.15) is 11.6 Å². The lowest BCUT2D eigenvalue weighted by Gasteiger charge is -2.11. The molecule has 15 heavy (non-hydrogen) atoms. The van der Waals surface area contributed by atoms with Crippen LogP contribution in [0.5, 0.6) is 0 Å². The standard InChI is InChI=1S/C11H12ClF2N/c12-11-8(5-7-3-4-15-6-7)9(13)1-2-10(11)14/h1-2,7,15H,3-6H2. The molecule has 1 aliphatic rings. The topological polar surface area (TPSA) is 12.0 Å². The molecule has 0 bridgehead atoms. The van der Waals surface area contributed by atoms with Crippen molar-refractivity contribution in [2.45, 2.75) is 12.8 Å². The molecule has 0 radical (unpaired) electrons. The van der Waals surface area contributed by atoms with Crippen LogP contribution >= 0.6 is 11.6 Å². The molecule has 1 N–H and O–H groups in total. The number of nitrogens with one attached hydrogen (secondary N) is 1. The average Bonchev–Trinajstić information content (AvgIpc) is 2.71. The first-order chi connectivity index (χ1) is 7.18. The molecule has 0 aromatic heterocycles. The Labute approximate surface area is 92.4 Å². The summed E-state index contributed by atoms with van der Waals surface area (Å²) in [6.45, 7) is 1.80. The first-order valence-corrected chi connectivity index (χ1v) is 5.39. The quantitative estimate of drug-likeness (QED) is 0.772. The van der Waals surface area contributed by atoms with E-state index in [1.165, 1.54) is 0 Å². The number of benzene rings is 1. The molecule has 0 saturated carbocycles. The van der Waals surface area contributed by atoms with Crippen LogP contribution < -0.4 is 5.32 Å². The van der Waals surface area contributed by atoms with Crippen molar-refractivity contribution in [3.63, 3.8) is 0 Å². The Bertz CT molecular complexity index is 362. The number of halogens is 3. The number of hydrogen-bond donors (Lipinski definition) is 1. The summed E-state index contributed by atoms with van der Waals surface area (Å²) in [6.07, 6.45) is 1.50. The van der Waals surface area contributed by atoms with E-state index in [9.17, 15) is 8.78 Å². The molecule has 1 aromatic carbocycles. The van der Waals surface area contributed by atoms with Gasteiger partial charge < -0.3 is 5.32 Å². The number of rotatable bonds is 2. The molecule has 1 aromatic rings. The maximum absolute atomic E-state index is 13.4. The van der Waals surface area contributed by atoms with Gasteiger partial charge in [-0.15, -0.1) is 0 Å². The maximum Gasteiger partial charge on any atom is 0.142 e. The molecule has 1 nitrogen and oxygen atoms in total. The SMILES string of the molecule is Fc1ccc(F)c(CC2CCNC2)c1Cl. The van der Waals surface area contributed by atoms with Crippen molar-refractivity contribution in [1.82, 2.24) is 5.32 Å². The van der Waals surface area contributed by atoms with E-state index < -0.39 is 11.6 Å².